The molecule has 0 spiro atoms. The number of hydrogen-bond donors (Lipinski definition) is 1. The van der Waals surface area contributed by atoms with Crippen molar-refractivity contribution in [3.63, 3.8) is 0 Å². The van der Waals surface area contributed by atoms with E-state index in [0.29, 0.717) is 15.7 Å². The molecular weight excluding hydrogens is 317 g/mol. The van der Waals surface area contributed by atoms with Gasteiger partial charge in [-0.2, -0.15) is 0 Å². The zero-order valence-corrected chi connectivity index (χ0v) is 12.7. The second-order valence-corrected chi connectivity index (χ2v) is 5.89. The highest BCUT2D eigenvalue weighted by Crippen LogP contribution is 2.36. The molecule has 3 rings (SSSR count). The summed E-state index contributed by atoms with van der Waals surface area (Å²) in [5.74, 6) is 0.276. The second kappa shape index (κ2) is 5.12. The first-order valence-electron chi connectivity index (χ1n) is 5.64. The molecule has 2 N–H and O–H groups in total. The Morgan fingerprint density at radius 1 is 1.30 bits per heavy atom. The number of nitrogens with two attached hydrogens (primary N) is 1. The van der Waals surface area contributed by atoms with Crippen LogP contribution in [0.1, 0.15) is 5.69 Å². The number of anilines is 1. The van der Waals surface area contributed by atoms with Crippen LogP contribution in [0.5, 0.6) is 0 Å². The smallest absolute Gasteiger partial charge is 0.158 e. The molecule has 0 fully saturated rings. The van der Waals surface area contributed by atoms with Gasteiger partial charge in [-0.3, -0.25) is 0 Å². The van der Waals surface area contributed by atoms with Crippen LogP contribution in [0.2, 0.25) is 10.2 Å². The van der Waals surface area contributed by atoms with E-state index in [9.17, 15) is 0 Å². The Morgan fingerprint density at radius 3 is 2.85 bits per heavy atom. The molecule has 0 aromatic carbocycles. The lowest BCUT2D eigenvalue weighted by molar-refractivity contribution is 1.07. The first-order chi connectivity index (χ1) is 9.54. The van der Waals surface area contributed by atoms with Gasteiger partial charge >= 0.3 is 0 Å². The Morgan fingerprint density at radius 2 is 2.10 bits per heavy atom. The van der Waals surface area contributed by atoms with Gasteiger partial charge in [0, 0.05) is 17.3 Å². The summed E-state index contributed by atoms with van der Waals surface area (Å²) in [5, 5.41) is 1.38. The molecular formula is C12H9Cl2N5S. The molecule has 0 aliphatic carbocycles. The molecule has 0 atom stereocenters. The number of aromatic nitrogens is 4. The molecule has 3 aromatic rings. The molecule has 3 aromatic heterocycles. The maximum atomic E-state index is 6.37. The standard InChI is InChI=1S/C12H9Cl2N5S/c1-6-5-19-3-2-7(9(14)11(19)17-6)20-12-10(15)18-8(13)4-16-12/h2-5H,1H3,(H2,15,18). The average Bonchev–Trinajstić information content (AvgIpc) is 2.77. The van der Waals surface area contributed by atoms with E-state index in [1.54, 1.807) is 0 Å². The number of halogens is 2. The van der Waals surface area contributed by atoms with Crippen LogP contribution < -0.4 is 5.73 Å². The van der Waals surface area contributed by atoms with Gasteiger partial charge in [0.2, 0.25) is 0 Å². The van der Waals surface area contributed by atoms with Crippen molar-refractivity contribution >= 4 is 46.4 Å². The molecule has 0 aliphatic rings. The lowest BCUT2D eigenvalue weighted by atomic mass is 10.5. The van der Waals surface area contributed by atoms with Gasteiger partial charge in [0.15, 0.2) is 11.5 Å². The van der Waals surface area contributed by atoms with Gasteiger partial charge in [0.05, 0.1) is 16.9 Å². The normalized spacial score (nSPS) is 11.2. The fraction of sp³-hybridized carbons (Fsp3) is 0.0833. The summed E-state index contributed by atoms with van der Waals surface area (Å²) in [5.41, 5.74) is 7.40. The Labute approximate surface area is 129 Å². The van der Waals surface area contributed by atoms with E-state index in [1.165, 1.54) is 18.0 Å². The molecule has 0 saturated heterocycles. The molecule has 0 aliphatic heterocycles. The highest BCUT2D eigenvalue weighted by molar-refractivity contribution is 7.99. The molecule has 3 heterocycles. The summed E-state index contributed by atoms with van der Waals surface area (Å²) < 4.78 is 1.87. The number of hydrogen-bond acceptors (Lipinski definition) is 5. The fourth-order valence-corrected chi connectivity index (χ4v) is 2.99. The monoisotopic (exact) mass is 325 g/mol. The van der Waals surface area contributed by atoms with Crippen molar-refractivity contribution in [1.29, 1.82) is 0 Å². The first kappa shape index (κ1) is 13.5. The van der Waals surface area contributed by atoms with Crippen molar-refractivity contribution in [3.8, 4) is 0 Å². The number of aryl methyl sites for hydroxylation is 1. The van der Waals surface area contributed by atoms with Crippen molar-refractivity contribution in [1.82, 2.24) is 19.4 Å². The minimum absolute atomic E-state index is 0.261. The van der Waals surface area contributed by atoms with Crippen molar-refractivity contribution in [2.45, 2.75) is 16.8 Å². The zero-order valence-electron chi connectivity index (χ0n) is 10.3. The molecule has 0 unspecified atom stereocenters. The van der Waals surface area contributed by atoms with Crippen LogP contribution in [0, 0.1) is 6.92 Å². The van der Waals surface area contributed by atoms with Crippen LogP contribution in [0.3, 0.4) is 0 Å². The molecule has 0 amide bonds. The van der Waals surface area contributed by atoms with E-state index in [4.69, 9.17) is 28.9 Å². The molecule has 20 heavy (non-hydrogen) atoms. The van der Waals surface area contributed by atoms with Crippen LogP contribution in [-0.2, 0) is 0 Å². The zero-order chi connectivity index (χ0) is 14.3. The van der Waals surface area contributed by atoms with Gasteiger partial charge in [0.25, 0.3) is 0 Å². The van der Waals surface area contributed by atoms with E-state index in [1.807, 2.05) is 29.8 Å². The summed E-state index contributed by atoms with van der Waals surface area (Å²) in [7, 11) is 0. The van der Waals surface area contributed by atoms with Gasteiger partial charge in [-0.1, -0.05) is 35.0 Å². The van der Waals surface area contributed by atoms with Gasteiger partial charge in [-0.25, -0.2) is 15.0 Å². The Hall–Kier alpha value is -1.50. The maximum absolute atomic E-state index is 6.37. The number of nitrogen functional groups attached to an aromatic ring is 1. The molecule has 0 radical (unpaired) electrons. The lowest BCUT2D eigenvalue weighted by Crippen LogP contribution is -1.96. The number of rotatable bonds is 2. The SMILES string of the molecule is Cc1cn2ccc(Sc3ncc(Cl)nc3N)c(Cl)c2n1. The summed E-state index contributed by atoms with van der Waals surface area (Å²) in [6.07, 6.45) is 5.25. The van der Waals surface area contributed by atoms with Gasteiger partial charge in [0.1, 0.15) is 10.2 Å². The topological polar surface area (TPSA) is 69.1 Å². The summed E-state index contributed by atoms with van der Waals surface area (Å²) >= 11 is 13.4. The van der Waals surface area contributed by atoms with E-state index in [0.717, 1.165) is 10.6 Å². The Kier molecular flexibility index (Phi) is 3.45. The van der Waals surface area contributed by atoms with E-state index in [-0.39, 0.29) is 11.0 Å². The number of pyridine rings is 1. The summed E-state index contributed by atoms with van der Waals surface area (Å²) in [6.45, 7) is 1.92. The minimum Gasteiger partial charge on any atom is -0.381 e. The quantitative estimate of drug-likeness (QED) is 0.781. The number of fused-ring (bicyclic) bond motifs is 1. The third kappa shape index (κ3) is 2.42. The highest BCUT2D eigenvalue weighted by atomic mass is 35.5. The molecule has 0 bridgehead atoms. The maximum Gasteiger partial charge on any atom is 0.158 e. The molecule has 0 saturated carbocycles. The predicted molar refractivity (Wildman–Crippen MR) is 80.5 cm³/mol. The number of imidazole rings is 1. The summed E-state index contributed by atoms with van der Waals surface area (Å²) in [6, 6.07) is 1.89. The van der Waals surface area contributed by atoms with Crippen LogP contribution in [0.15, 0.2) is 34.6 Å². The van der Waals surface area contributed by atoms with Crippen molar-refractivity contribution < 1.29 is 0 Å². The minimum atomic E-state index is 0.261. The molecule has 102 valence electrons. The highest BCUT2D eigenvalue weighted by Gasteiger charge is 2.12. The molecule has 8 heteroatoms. The fourth-order valence-electron chi connectivity index (χ4n) is 1.75. The largest absolute Gasteiger partial charge is 0.381 e. The second-order valence-electron chi connectivity index (χ2n) is 4.09. The van der Waals surface area contributed by atoms with E-state index in [2.05, 4.69) is 15.0 Å². The third-order valence-corrected chi connectivity index (χ3v) is 4.33. The summed E-state index contributed by atoms with van der Waals surface area (Å²) in [4.78, 5) is 13.3. The van der Waals surface area contributed by atoms with Crippen molar-refractivity contribution in [2.75, 3.05) is 5.73 Å². The van der Waals surface area contributed by atoms with Crippen LogP contribution >= 0.6 is 35.0 Å². The van der Waals surface area contributed by atoms with Crippen molar-refractivity contribution in [2.24, 2.45) is 0 Å². The average molecular weight is 326 g/mol. The van der Waals surface area contributed by atoms with Gasteiger partial charge in [-0.05, 0) is 13.0 Å². The lowest BCUT2D eigenvalue weighted by Gasteiger charge is -2.06. The Balaban J connectivity index is 2.04. The van der Waals surface area contributed by atoms with E-state index >= 15 is 0 Å². The Bertz CT molecular complexity index is 802. The van der Waals surface area contributed by atoms with Crippen LogP contribution in [0.4, 0.5) is 5.82 Å². The molecule has 5 nitrogen and oxygen atoms in total. The number of nitrogens with zero attached hydrogens (tertiary/aromatic N) is 4. The van der Waals surface area contributed by atoms with Gasteiger partial charge < -0.3 is 10.1 Å². The van der Waals surface area contributed by atoms with E-state index < -0.39 is 0 Å². The van der Waals surface area contributed by atoms with Crippen molar-refractivity contribution in [3.05, 3.63) is 40.5 Å². The predicted octanol–water partition coefficient (Wildman–Crippen LogP) is 3.47. The third-order valence-electron chi connectivity index (χ3n) is 2.59. The first-order valence-corrected chi connectivity index (χ1v) is 7.21. The van der Waals surface area contributed by atoms with Crippen LogP contribution in [-0.4, -0.2) is 19.4 Å². The van der Waals surface area contributed by atoms with Crippen LogP contribution in [0.25, 0.3) is 5.65 Å². The van der Waals surface area contributed by atoms with Gasteiger partial charge in [-0.15, -0.1) is 0 Å².